The average molecular weight is 348 g/mol. The molecular formula is C17H21FN4OS. The molecule has 0 aliphatic carbocycles. The van der Waals surface area contributed by atoms with Crippen molar-refractivity contribution in [2.75, 3.05) is 11.4 Å². The van der Waals surface area contributed by atoms with Crippen LogP contribution in [0, 0.1) is 12.7 Å². The Morgan fingerprint density at radius 1 is 1.38 bits per heavy atom. The Morgan fingerprint density at radius 3 is 2.92 bits per heavy atom. The molecule has 3 rings (SSSR count). The SMILES string of the molecule is Cc1ccc(F)c(N2CCCC(Sc3nncn3C(C)C)C2=O)c1. The summed E-state index contributed by atoms with van der Waals surface area (Å²) in [5.74, 6) is -0.418. The fourth-order valence-corrected chi connectivity index (χ4v) is 4.06. The number of rotatable bonds is 4. The van der Waals surface area contributed by atoms with E-state index < -0.39 is 0 Å². The predicted octanol–water partition coefficient (Wildman–Crippen LogP) is 3.59. The number of nitrogens with zero attached hydrogens (tertiary/aromatic N) is 4. The third-order valence-electron chi connectivity index (χ3n) is 4.13. The van der Waals surface area contributed by atoms with Gasteiger partial charge >= 0.3 is 0 Å². The van der Waals surface area contributed by atoms with Gasteiger partial charge in [-0.15, -0.1) is 10.2 Å². The number of aromatic nitrogens is 3. The lowest BCUT2D eigenvalue weighted by Gasteiger charge is -2.32. The molecule has 1 saturated heterocycles. The van der Waals surface area contributed by atoms with Crippen molar-refractivity contribution in [3.8, 4) is 0 Å². The Labute approximate surface area is 145 Å². The fourth-order valence-electron chi connectivity index (χ4n) is 2.82. The van der Waals surface area contributed by atoms with Crippen molar-refractivity contribution in [1.82, 2.24) is 14.8 Å². The van der Waals surface area contributed by atoms with Crippen LogP contribution in [0.15, 0.2) is 29.7 Å². The second-order valence-electron chi connectivity index (χ2n) is 6.31. The smallest absolute Gasteiger partial charge is 0.240 e. The lowest BCUT2D eigenvalue weighted by Crippen LogP contribution is -2.43. The van der Waals surface area contributed by atoms with Gasteiger partial charge in [0.05, 0.1) is 10.9 Å². The zero-order chi connectivity index (χ0) is 17.3. The number of amides is 1. The van der Waals surface area contributed by atoms with Gasteiger partial charge in [-0.05, 0) is 51.3 Å². The van der Waals surface area contributed by atoms with E-state index in [2.05, 4.69) is 10.2 Å². The molecule has 0 spiro atoms. The molecule has 1 aliphatic heterocycles. The van der Waals surface area contributed by atoms with Gasteiger partial charge in [0.1, 0.15) is 12.1 Å². The summed E-state index contributed by atoms with van der Waals surface area (Å²) in [6.45, 7) is 6.54. The van der Waals surface area contributed by atoms with E-state index in [1.54, 1.807) is 23.4 Å². The first kappa shape index (κ1) is 17.0. The second-order valence-corrected chi connectivity index (χ2v) is 7.48. The number of anilines is 1. The molecular weight excluding hydrogens is 327 g/mol. The first-order chi connectivity index (χ1) is 11.5. The number of piperidine rings is 1. The number of benzene rings is 1. The molecule has 1 aromatic heterocycles. The molecule has 1 aromatic carbocycles. The van der Waals surface area contributed by atoms with Crippen LogP contribution in [0.25, 0.3) is 0 Å². The summed E-state index contributed by atoms with van der Waals surface area (Å²) in [6.07, 6.45) is 3.28. The molecule has 2 aromatic rings. The number of hydrogen-bond donors (Lipinski definition) is 0. The molecule has 7 heteroatoms. The van der Waals surface area contributed by atoms with Crippen LogP contribution in [0.4, 0.5) is 10.1 Å². The molecule has 1 fully saturated rings. The Hall–Kier alpha value is -1.89. The van der Waals surface area contributed by atoms with Crippen LogP contribution in [0.3, 0.4) is 0 Å². The molecule has 128 valence electrons. The Bertz CT molecular complexity index is 746. The molecule has 0 saturated carbocycles. The van der Waals surface area contributed by atoms with Crippen LogP contribution in [0.5, 0.6) is 0 Å². The zero-order valence-corrected chi connectivity index (χ0v) is 14.9. The van der Waals surface area contributed by atoms with E-state index in [4.69, 9.17) is 0 Å². The molecule has 1 atom stereocenters. The van der Waals surface area contributed by atoms with Crippen LogP contribution in [0.1, 0.15) is 38.3 Å². The van der Waals surface area contributed by atoms with Gasteiger partial charge in [0, 0.05) is 12.6 Å². The van der Waals surface area contributed by atoms with Crippen LogP contribution in [0.2, 0.25) is 0 Å². The monoisotopic (exact) mass is 348 g/mol. The van der Waals surface area contributed by atoms with Crippen molar-refractivity contribution >= 4 is 23.4 Å². The summed E-state index contributed by atoms with van der Waals surface area (Å²) in [5.41, 5.74) is 1.31. The van der Waals surface area contributed by atoms with Gasteiger partial charge < -0.3 is 9.47 Å². The summed E-state index contributed by atoms with van der Waals surface area (Å²) in [5, 5.41) is 8.54. The van der Waals surface area contributed by atoms with Crippen molar-refractivity contribution in [1.29, 1.82) is 0 Å². The lowest BCUT2D eigenvalue weighted by molar-refractivity contribution is -0.119. The third-order valence-corrected chi connectivity index (χ3v) is 5.35. The van der Waals surface area contributed by atoms with E-state index in [0.717, 1.165) is 23.6 Å². The lowest BCUT2D eigenvalue weighted by atomic mass is 10.1. The maximum Gasteiger partial charge on any atom is 0.240 e. The molecule has 1 amide bonds. The van der Waals surface area contributed by atoms with E-state index >= 15 is 0 Å². The van der Waals surface area contributed by atoms with Gasteiger partial charge in [0.15, 0.2) is 5.16 Å². The highest BCUT2D eigenvalue weighted by atomic mass is 32.2. The maximum atomic E-state index is 14.2. The summed E-state index contributed by atoms with van der Waals surface area (Å²) in [7, 11) is 0. The number of carbonyl (C=O) groups excluding carboxylic acids is 1. The van der Waals surface area contributed by atoms with Gasteiger partial charge in [0.25, 0.3) is 0 Å². The third kappa shape index (κ3) is 3.31. The van der Waals surface area contributed by atoms with Crippen LogP contribution in [-0.2, 0) is 4.79 Å². The minimum absolute atomic E-state index is 0.0611. The van der Waals surface area contributed by atoms with Crippen LogP contribution < -0.4 is 4.90 Å². The fraction of sp³-hybridized carbons (Fsp3) is 0.471. The van der Waals surface area contributed by atoms with Crippen molar-refractivity contribution in [2.24, 2.45) is 0 Å². The first-order valence-electron chi connectivity index (χ1n) is 8.11. The number of thioether (sulfide) groups is 1. The molecule has 0 bridgehead atoms. The minimum Gasteiger partial charge on any atom is -0.309 e. The molecule has 2 heterocycles. The van der Waals surface area contributed by atoms with Crippen LogP contribution >= 0.6 is 11.8 Å². The van der Waals surface area contributed by atoms with E-state index in [1.807, 2.05) is 25.3 Å². The van der Waals surface area contributed by atoms with E-state index in [9.17, 15) is 9.18 Å². The molecule has 0 radical (unpaired) electrons. The summed E-state index contributed by atoms with van der Waals surface area (Å²) < 4.78 is 16.1. The van der Waals surface area contributed by atoms with Gasteiger partial charge in [-0.3, -0.25) is 4.79 Å². The van der Waals surface area contributed by atoms with Crippen molar-refractivity contribution in [2.45, 2.75) is 50.1 Å². The molecule has 1 aliphatic rings. The zero-order valence-electron chi connectivity index (χ0n) is 14.1. The van der Waals surface area contributed by atoms with Crippen molar-refractivity contribution in [3.63, 3.8) is 0 Å². The van der Waals surface area contributed by atoms with E-state index in [1.165, 1.54) is 17.8 Å². The number of hydrogen-bond acceptors (Lipinski definition) is 4. The van der Waals surface area contributed by atoms with Gasteiger partial charge in [0.2, 0.25) is 5.91 Å². The Kier molecular flexibility index (Phi) is 4.89. The maximum absolute atomic E-state index is 14.2. The highest BCUT2D eigenvalue weighted by Gasteiger charge is 2.33. The molecule has 24 heavy (non-hydrogen) atoms. The number of aryl methyl sites for hydroxylation is 1. The van der Waals surface area contributed by atoms with Crippen molar-refractivity contribution < 1.29 is 9.18 Å². The Balaban J connectivity index is 1.82. The largest absolute Gasteiger partial charge is 0.309 e. The van der Waals surface area contributed by atoms with E-state index in [0.29, 0.717) is 12.2 Å². The van der Waals surface area contributed by atoms with Gasteiger partial charge in [-0.1, -0.05) is 17.8 Å². The Morgan fingerprint density at radius 2 is 2.17 bits per heavy atom. The molecule has 0 N–H and O–H groups in total. The number of carbonyl (C=O) groups is 1. The van der Waals surface area contributed by atoms with Gasteiger partial charge in [-0.2, -0.15) is 0 Å². The molecule has 5 nitrogen and oxygen atoms in total. The summed E-state index contributed by atoms with van der Waals surface area (Å²) in [4.78, 5) is 14.4. The van der Waals surface area contributed by atoms with Crippen LogP contribution in [-0.4, -0.2) is 32.5 Å². The molecule has 1 unspecified atom stereocenters. The average Bonchev–Trinajstić information content (AvgIpc) is 3.00. The minimum atomic E-state index is -0.357. The highest BCUT2D eigenvalue weighted by Crippen LogP contribution is 2.33. The summed E-state index contributed by atoms with van der Waals surface area (Å²) in [6, 6.07) is 5.09. The predicted molar refractivity (Wildman–Crippen MR) is 92.8 cm³/mol. The highest BCUT2D eigenvalue weighted by molar-refractivity contribution is 8.00. The second kappa shape index (κ2) is 6.93. The topological polar surface area (TPSA) is 51.0 Å². The first-order valence-corrected chi connectivity index (χ1v) is 8.99. The normalized spacial score (nSPS) is 18.5. The number of halogens is 1. The van der Waals surface area contributed by atoms with Gasteiger partial charge in [-0.25, -0.2) is 4.39 Å². The van der Waals surface area contributed by atoms with E-state index in [-0.39, 0.29) is 23.0 Å². The standard InChI is InChI=1S/C17H21FN4OS/c1-11(2)22-10-19-20-17(22)24-15-5-4-8-21(16(15)23)14-9-12(3)6-7-13(14)18/h6-7,9-11,15H,4-5,8H2,1-3H3. The summed E-state index contributed by atoms with van der Waals surface area (Å²) >= 11 is 1.42. The quantitative estimate of drug-likeness (QED) is 0.847. The van der Waals surface area contributed by atoms with Crippen molar-refractivity contribution in [3.05, 3.63) is 35.9 Å².